The van der Waals surface area contributed by atoms with Crippen molar-refractivity contribution in [3.8, 4) is 11.5 Å². The van der Waals surface area contributed by atoms with Gasteiger partial charge in [0, 0.05) is 6.08 Å². The molecule has 4 heteroatoms. The Morgan fingerprint density at radius 1 is 0.852 bits per heavy atom. The predicted molar refractivity (Wildman–Crippen MR) is 102 cm³/mol. The minimum atomic E-state index is -0.457. The van der Waals surface area contributed by atoms with Crippen LogP contribution in [0.15, 0.2) is 84.9 Å². The van der Waals surface area contributed by atoms with E-state index in [0.717, 1.165) is 16.7 Å². The molecule has 3 aromatic carbocycles. The quantitative estimate of drug-likeness (QED) is 0.487. The third-order valence-electron chi connectivity index (χ3n) is 4.25. The summed E-state index contributed by atoms with van der Waals surface area (Å²) in [5.41, 5.74) is 2.69. The van der Waals surface area contributed by atoms with Gasteiger partial charge in [-0.1, -0.05) is 66.7 Å². The average molecular weight is 358 g/mol. The highest BCUT2D eigenvalue weighted by molar-refractivity contribution is 5.87. The number of carbonyl (C=O) groups is 1. The molecule has 0 aromatic heterocycles. The van der Waals surface area contributed by atoms with Crippen LogP contribution in [0.3, 0.4) is 0 Å². The van der Waals surface area contributed by atoms with Crippen LogP contribution in [-0.2, 0) is 9.53 Å². The van der Waals surface area contributed by atoms with Gasteiger partial charge in [-0.2, -0.15) is 0 Å². The lowest BCUT2D eigenvalue weighted by atomic mass is 10.0. The maximum absolute atomic E-state index is 12.4. The fourth-order valence-corrected chi connectivity index (χ4v) is 2.92. The molecule has 4 rings (SSSR count). The molecule has 4 nitrogen and oxygen atoms in total. The van der Waals surface area contributed by atoms with E-state index in [2.05, 4.69) is 0 Å². The fraction of sp³-hybridized carbons (Fsp3) is 0.0870. The molecule has 0 saturated carbocycles. The summed E-state index contributed by atoms with van der Waals surface area (Å²) in [4.78, 5) is 12.4. The first-order valence-electron chi connectivity index (χ1n) is 8.68. The number of fused-ring (bicyclic) bond motifs is 1. The van der Waals surface area contributed by atoms with E-state index in [1.807, 2.05) is 78.9 Å². The van der Waals surface area contributed by atoms with Crippen LogP contribution in [0.4, 0.5) is 0 Å². The van der Waals surface area contributed by atoms with Gasteiger partial charge in [-0.05, 0) is 34.9 Å². The lowest BCUT2D eigenvalue weighted by Gasteiger charge is -2.18. The van der Waals surface area contributed by atoms with Gasteiger partial charge >= 0.3 is 5.97 Å². The van der Waals surface area contributed by atoms with E-state index in [1.165, 1.54) is 6.08 Å². The summed E-state index contributed by atoms with van der Waals surface area (Å²) in [5.74, 6) is 0.977. The van der Waals surface area contributed by atoms with E-state index in [4.69, 9.17) is 14.2 Å². The highest BCUT2D eigenvalue weighted by Gasteiger charge is 2.17. The van der Waals surface area contributed by atoms with Gasteiger partial charge in [0.25, 0.3) is 0 Å². The van der Waals surface area contributed by atoms with Gasteiger partial charge in [0.1, 0.15) is 0 Å². The lowest BCUT2D eigenvalue weighted by Crippen LogP contribution is -2.10. The van der Waals surface area contributed by atoms with Crippen molar-refractivity contribution in [2.75, 3.05) is 6.79 Å². The van der Waals surface area contributed by atoms with Gasteiger partial charge in [0.15, 0.2) is 17.6 Å². The summed E-state index contributed by atoms with van der Waals surface area (Å²) in [6.07, 6.45) is 2.68. The van der Waals surface area contributed by atoms with Gasteiger partial charge in [0.05, 0.1) is 0 Å². The molecule has 0 bridgehead atoms. The second-order valence-corrected chi connectivity index (χ2v) is 6.08. The van der Waals surface area contributed by atoms with Crippen LogP contribution in [-0.4, -0.2) is 12.8 Å². The van der Waals surface area contributed by atoms with Crippen molar-refractivity contribution >= 4 is 12.0 Å². The van der Waals surface area contributed by atoms with Crippen molar-refractivity contribution in [1.82, 2.24) is 0 Å². The summed E-state index contributed by atoms with van der Waals surface area (Å²) in [7, 11) is 0. The molecule has 0 radical (unpaired) electrons. The van der Waals surface area contributed by atoms with E-state index in [1.54, 1.807) is 6.08 Å². The van der Waals surface area contributed by atoms with Gasteiger partial charge in [-0.15, -0.1) is 0 Å². The van der Waals surface area contributed by atoms with Gasteiger partial charge in [-0.25, -0.2) is 4.79 Å². The number of esters is 1. The summed E-state index contributed by atoms with van der Waals surface area (Å²) in [6.45, 7) is 0.223. The first-order chi connectivity index (χ1) is 13.3. The molecule has 0 amide bonds. The molecule has 0 saturated heterocycles. The molecule has 0 N–H and O–H groups in total. The van der Waals surface area contributed by atoms with Gasteiger partial charge in [0.2, 0.25) is 6.79 Å². The van der Waals surface area contributed by atoms with Crippen molar-refractivity contribution in [3.05, 3.63) is 102 Å². The molecule has 0 unspecified atom stereocenters. The van der Waals surface area contributed by atoms with E-state index in [-0.39, 0.29) is 6.79 Å². The van der Waals surface area contributed by atoms with E-state index in [9.17, 15) is 4.79 Å². The summed E-state index contributed by atoms with van der Waals surface area (Å²) in [6, 6.07) is 24.9. The zero-order chi connectivity index (χ0) is 18.5. The van der Waals surface area contributed by atoms with Crippen LogP contribution in [0.5, 0.6) is 11.5 Å². The molecule has 0 aliphatic carbocycles. The molecule has 3 aromatic rings. The Kier molecular flexibility index (Phi) is 4.88. The number of rotatable bonds is 5. The number of ether oxygens (including phenoxy) is 3. The van der Waals surface area contributed by atoms with Crippen molar-refractivity contribution in [1.29, 1.82) is 0 Å². The predicted octanol–water partition coefficient (Wildman–Crippen LogP) is 4.76. The second-order valence-electron chi connectivity index (χ2n) is 6.08. The van der Waals surface area contributed by atoms with Crippen LogP contribution < -0.4 is 9.47 Å². The molecular formula is C23H18O4. The average Bonchev–Trinajstić information content (AvgIpc) is 3.20. The highest BCUT2D eigenvalue weighted by atomic mass is 16.7. The van der Waals surface area contributed by atoms with E-state index < -0.39 is 12.1 Å². The largest absolute Gasteiger partial charge is 0.454 e. The Morgan fingerprint density at radius 3 is 2.15 bits per heavy atom. The maximum Gasteiger partial charge on any atom is 0.331 e. The Labute approximate surface area is 157 Å². The maximum atomic E-state index is 12.4. The third kappa shape index (κ3) is 4.01. The van der Waals surface area contributed by atoms with Gasteiger partial charge < -0.3 is 14.2 Å². The monoisotopic (exact) mass is 358 g/mol. The van der Waals surface area contributed by atoms with Crippen LogP contribution in [0, 0.1) is 0 Å². The molecule has 1 aliphatic heterocycles. The van der Waals surface area contributed by atoms with Crippen LogP contribution in [0.2, 0.25) is 0 Å². The number of benzene rings is 3. The van der Waals surface area contributed by atoms with Crippen LogP contribution in [0.1, 0.15) is 22.8 Å². The summed E-state index contributed by atoms with van der Waals surface area (Å²) in [5, 5.41) is 0. The van der Waals surface area contributed by atoms with Crippen molar-refractivity contribution in [2.24, 2.45) is 0 Å². The zero-order valence-corrected chi connectivity index (χ0v) is 14.6. The van der Waals surface area contributed by atoms with Crippen LogP contribution in [0.25, 0.3) is 6.08 Å². The highest BCUT2D eigenvalue weighted by Crippen LogP contribution is 2.33. The minimum Gasteiger partial charge on any atom is -0.454 e. The topological polar surface area (TPSA) is 44.8 Å². The first kappa shape index (κ1) is 16.9. The standard InChI is InChI=1S/C23H18O4/c24-22(14-12-17-11-13-20-21(15-17)26-16-25-20)27-23(18-7-3-1-4-8-18)19-9-5-2-6-10-19/h1-15,23H,16H2/b14-12+. The molecule has 1 heterocycles. The van der Waals surface area contributed by atoms with Gasteiger partial charge in [-0.3, -0.25) is 0 Å². The zero-order valence-electron chi connectivity index (χ0n) is 14.6. The molecular weight excluding hydrogens is 340 g/mol. The molecule has 0 fully saturated rings. The third-order valence-corrected chi connectivity index (χ3v) is 4.25. The van der Waals surface area contributed by atoms with E-state index >= 15 is 0 Å². The Hall–Kier alpha value is -3.53. The second kappa shape index (κ2) is 7.79. The van der Waals surface area contributed by atoms with E-state index in [0.29, 0.717) is 11.5 Å². The SMILES string of the molecule is O=C(/C=C/c1ccc2c(c1)OCO2)OC(c1ccccc1)c1ccccc1. The first-order valence-corrected chi connectivity index (χ1v) is 8.68. The molecule has 0 spiro atoms. The smallest absolute Gasteiger partial charge is 0.331 e. The number of hydrogen-bond acceptors (Lipinski definition) is 4. The van der Waals surface area contributed by atoms with Crippen LogP contribution >= 0.6 is 0 Å². The minimum absolute atomic E-state index is 0.223. The fourth-order valence-electron chi connectivity index (χ4n) is 2.92. The Balaban J connectivity index is 1.52. The molecule has 1 aliphatic rings. The molecule has 134 valence electrons. The Morgan fingerprint density at radius 2 is 1.48 bits per heavy atom. The molecule has 0 atom stereocenters. The summed E-state index contributed by atoms with van der Waals surface area (Å²) < 4.78 is 16.4. The van der Waals surface area contributed by atoms with Crippen molar-refractivity contribution < 1.29 is 19.0 Å². The lowest BCUT2D eigenvalue weighted by molar-refractivity contribution is -0.141. The summed E-state index contributed by atoms with van der Waals surface area (Å²) >= 11 is 0. The number of hydrogen-bond donors (Lipinski definition) is 0. The normalized spacial score (nSPS) is 12.5. The number of carbonyl (C=O) groups excluding carboxylic acids is 1. The van der Waals surface area contributed by atoms with Crippen molar-refractivity contribution in [3.63, 3.8) is 0 Å². The Bertz CT molecular complexity index is 909. The van der Waals surface area contributed by atoms with Crippen molar-refractivity contribution in [2.45, 2.75) is 6.10 Å². The molecule has 27 heavy (non-hydrogen) atoms.